The highest BCUT2D eigenvalue weighted by Crippen LogP contribution is 2.45. The van der Waals surface area contributed by atoms with E-state index in [1.165, 1.54) is 76.3 Å². The highest BCUT2D eigenvalue weighted by Gasteiger charge is 2.22. The third-order valence-corrected chi connectivity index (χ3v) is 12.4. The smallest absolute Gasteiger partial charge is 0.0641 e. The number of nitrogens with zero attached hydrogens (tertiary/aromatic N) is 3. The van der Waals surface area contributed by atoms with Gasteiger partial charge in [-0.25, -0.2) is 0 Å². The van der Waals surface area contributed by atoms with Crippen molar-refractivity contribution in [1.29, 1.82) is 0 Å². The minimum atomic E-state index is 1.08. The van der Waals surface area contributed by atoms with Gasteiger partial charge in [0.05, 0.1) is 33.4 Å². The van der Waals surface area contributed by atoms with Crippen molar-refractivity contribution < 1.29 is 0 Å². The normalized spacial score (nSPS) is 11.4. The van der Waals surface area contributed by atoms with Gasteiger partial charge in [-0.2, -0.15) is 0 Å². The summed E-state index contributed by atoms with van der Waals surface area (Å²) in [5, 5.41) is 9.82. The van der Waals surface area contributed by atoms with E-state index in [1.807, 2.05) is 6.08 Å². The molecule has 0 unspecified atom stereocenters. The van der Waals surface area contributed by atoms with Crippen molar-refractivity contribution in [3.05, 3.63) is 237 Å². The lowest BCUT2D eigenvalue weighted by molar-refractivity contribution is 1.17. The molecule has 63 heavy (non-hydrogen) atoms. The Morgan fingerprint density at radius 1 is 0.397 bits per heavy atom. The van der Waals surface area contributed by atoms with Gasteiger partial charge in [0.15, 0.2) is 0 Å². The predicted octanol–water partition coefficient (Wildman–Crippen LogP) is 16.9. The second-order valence-corrected chi connectivity index (χ2v) is 16.0. The van der Waals surface area contributed by atoms with Gasteiger partial charge < -0.3 is 14.0 Å². The van der Waals surface area contributed by atoms with E-state index in [1.54, 1.807) is 0 Å². The summed E-state index contributed by atoms with van der Waals surface area (Å²) < 4.78 is 4.91. The van der Waals surface area contributed by atoms with Crippen LogP contribution in [-0.4, -0.2) is 9.13 Å². The van der Waals surface area contributed by atoms with E-state index in [-0.39, 0.29) is 0 Å². The van der Waals surface area contributed by atoms with Crippen LogP contribution in [0.2, 0.25) is 0 Å². The van der Waals surface area contributed by atoms with Crippen LogP contribution in [0, 0.1) is 0 Å². The monoisotopic (exact) mass is 807 g/mol. The highest BCUT2D eigenvalue weighted by atomic mass is 15.1. The number of aromatic nitrogens is 2. The van der Waals surface area contributed by atoms with Crippen molar-refractivity contribution in [2.75, 3.05) is 4.90 Å². The second-order valence-electron chi connectivity index (χ2n) is 16.0. The molecule has 3 nitrogen and oxygen atoms in total. The summed E-state index contributed by atoms with van der Waals surface area (Å²) in [7, 11) is 0. The fourth-order valence-corrected chi connectivity index (χ4v) is 9.45. The molecule has 10 aromatic carbocycles. The Hall–Kier alpha value is -8.14. The lowest BCUT2D eigenvalue weighted by atomic mass is 10.0. The molecule has 0 saturated heterocycles. The zero-order chi connectivity index (χ0) is 42.3. The largest absolute Gasteiger partial charge is 0.309 e. The fraction of sp³-hybridized carbons (Fsp3) is 0.0333. The molecule has 300 valence electrons. The maximum atomic E-state index is 3.48. The van der Waals surface area contributed by atoms with Gasteiger partial charge >= 0.3 is 0 Å². The molecule has 0 spiro atoms. The van der Waals surface area contributed by atoms with Gasteiger partial charge in [-0.05, 0) is 95.1 Å². The number of allylic oxidation sites excluding steroid dienone is 1. The van der Waals surface area contributed by atoms with E-state index < -0.39 is 0 Å². The topological polar surface area (TPSA) is 13.1 Å². The Morgan fingerprint density at radius 2 is 0.873 bits per heavy atom. The van der Waals surface area contributed by atoms with Crippen molar-refractivity contribution in [2.24, 2.45) is 0 Å². The van der Waals surface area contributed by atoms with E-state index >= 15 is 0 Å². The number of rotatable bonds is 7. The third-order valence-electron chi connectivity index (χ3n) is 12.4. The van der Waals surface area contributed by atoms with Gasteiger partial charge in [0.25, 0.3) is 0 Å². The van der Waals surface area contributed by atoms with Crippen LogP contribution in [0.1, 0.15) is 13.3 Å². The molecule has 0 fully saturated rings. The molecule has 2 aromatic heterocycles. The van der Waals surface area contributed by atoms with Gasteiger partial charge in [0.1, 0.15) is 0 Å². The van der Waals surface area contributed by atoms with E-state index in [4.69, 9.17) is 0 Å². The molecule has 12 rings (SSSR count). The predicted molar refractivity (Wildman–Crippen MR) is 271 cm³/mol. The zero-order valence-corrected chi connectivity index (χ0v) is 35.2. The Labute approximate surface area is 367 Å². The molecule has 0 amide bonds. The molecule has 0 radical (unpaired) electrons. The zero-order valence-electron chi connectivity index (χ0n) is 35.2. The Balaban J connectivity index is 0.00000107. The fourth-order valence-electron chi connectivity index (χ4n) is 9.45. The van der Waals surface area contributed by atoms with Gasteiger partial charge in [-0.15, -0.1) is 6.58 Å². The standard InChI is InChI=1S/C56H37N3.C4H8/c1-2-14-38(15-3-1)39-28-30-42(31-29-39)58-53-25-11-9-23-49(53)55-54(58)37-36-48-47-22-8-10-24-52(47)59(56(48)55)44-34-32-43(33-35-44)57(50-26-12-18-40-16-4-6-20-45(40)50)51-27-13-19-41-17-5-7-21-46(41)51;1-3-4-2/h1-37H;3H,1,4H2,2H3. The average molecular weight is 808 g/mol. The molecule has 0 atom stereocenters. The number of hydrogen-bond acceptors (Lipinski definition) is 1. The van der Waals surface area contributed by atoms with E-state index in [2.05, 4.69) is 252 Å². The number of anilines is 3. The van der Waals surface area contributed by atoms with E-state index in [0.717, 1.165) is 34.9 Å². The van der Waals surface area contributed by atoms with Crippen LogP contribution < -0.4 is 4.90 Å². The minimum Gasteiger partial charge on any atom is -0.309 e. The SMILES string of the molecule is C=CCC.c1ccc(-c2ccc(-n3c4ccccc4c4c3ccc3c5ccccc5n(-c5ccc(N(c6cccc7ccccc67)c6cccc7ccccc67)cc5)c34)cc2)cc1. The van der Waals surface area contributed by atoms with Crippen LogP contribution in [0.15, 0.2) is 237 Å². The lowest BCUT2D eigenvalue weighted by Crippen LogP contribution is -2.11. The maximum Gasteiger partial charge on any atom is 0.0641 e. The summed E-state index contributed by atoms with van der Waals surface area (Å²) in [6, 6.07) is 81.7. The molecule has 12 aromatic rings. The van der Waals surface area contributed by atoms with Crippen molar-refractivity contribution in [3.63, 3.8) is 0 Å². The van der Waals surface area contributed by atoms with Crippen molar-refractivity contribution in [3.8, 4) is 22.5 Å². The minimum absolute atomic E-state index is 1.08. The Kier molecular flexibility index (Phi) is 9.63. The van der Waals surface area contributed by atoms with Crippen LogP contribution in [0.3, 0.4) is 0 Å². The first-order chi connectivity index (χ1) is 31.2. The Bertz CT molecular complexity index is 3520. The quantitative estimate of drug-likeness (QED) is 0.146. The summed E-state index contributed by atoms with van der Waals surface area (Å²) >= 11 is 0. The molecule has 0 N–H and O–H groups in total. The molecular weight excluding hydrogens is 763 g/mol. The summed E-state index contributed by atoms with van der Waals surface area (Å²) in [4.78, 5) is 2.43. The third kappa shape index (κ3) is 6.45. The van der Waals surface area contributed by atoms with E-state index in [0.29, 0.717) is 0 Å². The van der Waals surface area contributed by atoms with Crippen LogP contribution >= 0.6 is 0 Å². The van der Waals surface area contributed by atoms with Crippen LogP contribution in [-0.2, 0) is 0 Å². The van der Waals surface area contributed by atoms with Crippen LogP contribution in [0.25, 0.3) is 87.7 Å². The Morgan fingerprint density at radius 3 is 1.49 bits per heavy atom. The number of para-hydroxylation sites is 2. The molecule has 3 heteroatoms. The number of hydrogen-bond donors (Lipinski definition) is 0. The molecule has 0 aliphatic carbocycles. The van der Waals surface area contributed by atoms with Crippen LogP contribution in [0.4, 0.5) is 17.1 Å². The summed E-state index contributed by atoms with van der Waals surface area (Å²) in [5.74, 6) is 0. The van der Waals surface area contributed by atoms with Crippen molar-refractivity contribution in [1.82, 2.24) is 9.13 Å². The lowest BCUT2D eigenvalue weighted by Gasteiger charge is -2.28. The molecular formula is C60H45N3. The maximum absolute atomic E-state index is 3.48. The summed E-state index contributed by atoms with van der Waals surface area (Å²) in [6.45, 7) is 5.54. The number of fused-ring (bicyclic) bond motifs is 9. The average Bonchev–Trinajstić information content (AvgIpc) is 3.88. The first-order valence-corrected chi connectivity index (χ1v) is 21.8. The first kappa shape index (κ1) is 37.8. The van der Waals surface area contributed by atoms with Gasteiger partial charge in [-0.3, -0.25) is 0 Å². The highest BCUT2D eigenvalue weighted by molar-refractivity contribution is 6.26. The van der Waals surface area contributed by atoms with Crippen molar-refractivity contribution in [2.45, 2.75) is 13.3 Å². The van der Waals surface area contributed by atoms with Crippen LogP contribution in [0.5, 0.6) is 0 Å². The molecule has 0 bridgehead atoms. The van der Waals surface area contributed by atoms with Gasteiger partial charge in [0.2, 0.25) is 0 Å². The van der Waals surface area contributed by atoms with Gasteiger partial charge in [-0.1, -0.05) is 171 Å². The first-order valence-electron chi connectivity index (χ1n) is 21.8. The second kappa shape index (κ2) is 16.0. The number of benzene rings is 10. The molecule has 0 aliphatic heterocycles. The summed E-state index contributed by atoms with van der Waals surface area (Å²) in [6.07, 6.45) is 2.96. The van der Waals surface area contributed by atoms with Gasteiger partial charge in [0, 0.05) is 49.4 Å². The van der Waals surface area contributed by atoms with E-state index in [9.17, 15) is 0 Å². The molecule has 0 aliphatic rings. The molecule has 0 saturated carbocycles. The summed E-state index contributed by atoms with van der Waals surface area (Å²) in [5.41, 5.74) is 12.9. The molecule has 2 heterocycles. The van der Waals surface area contributed by atoms with Crippen molar-refractivity contribution >= 4 is 82.2 Å².